The minimum absolute atomic E-state index is 0.0876. The number of nitrogens with zero attached hydrogens (tertiary/aromatic N) is 2. The van der Waals surface area contributed by atoms with Crippen LogP contribution in [0.5, 0.6) is 0 Å². The maximum atomic E-state index is 13.0. The zero-order valence-corrected chi connectivity index (χ0v) is 17.5. The fraction of sp³-hybridized carbons (Fsp3) is 0.636. The Labute approximate surface area is 164 Å². The number of urea groups is 1. The molecule has 2 rings (SSSR count). The number of piperidine rings is 1. The molecule has 150 valence electrons. The number of carbonyl (C=O) groups excluding carboxylic acids is 2. The summed E-state index contributed by atoms with van der Waals surface area (Å²) in [7, 11) is 0. The van der Waals surface area contributed by atoms with Crippen LogP contribution in [0.4, 0.5) is 10.5 Å². The molecule has 1 aromatic rings. The molecular weight excluding hydrogens is 338 g/mol. The smallest absolute Gasteiger partial charge is 0.321 e. The number of para-hydroxylation sites is 1. The van der Waals surface area contributed by atoms with E-state index in [-0.39, 0.29) is 17.9 Å². The second-order valence-electron chi connectivity index (χ2n) is 7.62. The van der Waals surface area contributed by atoms with Gasteiger partial charge in [0.2, 0.25) is 5.91 Å². The molecule has 1 atom stereocenters. The van der Waals surface area contributed by atoms with Crippen LogP contribution in [0, 0.1) is 5.92 Å². The number of hydrogen-bond acceptors (Lipinski definition) is 2. The second-order valence-corrected chi connectivity index (χ2v) is 7.62. The first kappa shape index (κ1) is 21.3. The van der Waals surface area contributed by atoms with Gasteiger partial charge in [-0.2, -0.15) is 0 Å². The first-order chi connectivity index (χ1) is 12.9. The number of rotatable bonds is 6. The van der Waals surface area contributed by atoms with Crippen molar-refractivity contribution in [3.8, 4) is 0 Å². The van der Waals surface area contributed by atoms with Gasteiger partial charge in [0.25, 0.3) is 0 Å². The second kappa shape index (κ2) is 9.77. The third-order valence-electron chi connectivity index (χ3n) is 5.55. The highest BCUT2D eigenvalue weighted by Gasteiger charge is 2.30. The van der Waals surface area contributed by atoms with Crippen molar-refractivity contribution in [3.05, 3.63) is 29.3 Å². The highest BCUT2D eigenvalue weighted by Crippen LogP contribution is 2.29. The molecule has 1 aliphatic heterocycles. The summed E-state index contributed by atoms with van der Waals surface area (Å²) in [6.45, 7) is 13.1. The summed E-state index contributed by atoms with van der Waals surface area (Å²) in [5, 5.41) is 3.16. The maximum Gasteiger partial charge on any atom is 0.321 e. The minimum Gasteiger partial charge on any atom is -0.343 e. The van der Waals surface area contributed by atoms with Gasteiger partial charge in [-0.3, -0.25) is 4.79 Å². The van der Waals surface area contributed by atoms with Gasteiger partial charge in [-0.05, 0) is 50.2 Å². The van der Waals surface area contributed by atoms with E-state index in [0.717, 1.165) is 49.2 Å². The number of hydrogen-bond donors (Lipinski definition) is 1. The summed E-state index contributed by atoms with van der Waals surface area (Å²) >= 11 is 0. The number of carbonyl (C=O) groups is 2. The lowest BCUT2D eigenvalue weighted by Gasteiger charge is -2.34. The summed E-state index contributed by atoms with van der Waals surface area (Å²) in [5.41, 5.74) is 3.26. The first-order valence-corrected chi connectivity index (χ1v) is 10.4. The van der Waals surface area contributed by atoms with Crippen molar-refractivity contribution in [2.75, 3.05) is 31.5 Å². The first-order valence-electron chi connectivity index (χ1n) is 10.4. The van der Waals surface area contributed by atoms with E-state index in [1.807, 2.05) is 23.6 Å². The van der Waals surface area contributed by atoms with Gasteiger partial charge in [0.1, 0.15) is 0 Å². The lowest BCUT2D eigenvalue weighted by molar-refractivity contribution is -0.136. The van der Waals surface area contributed by atoms with E-state index in [9.17, 15) is 9.59 Å². The third kappa shape index (κ3) is 5.02. The molecular formula is C22H35N3O2. The molecule has 5 heteroatoms. The highest BCUT2D eigenvalue weighted by atomic mass is 16.2. The van der Waals surface area contributed by atoms with Crippen molar-refractivity contribution in [3.63, 3.8) is 0 Å². The Morgan fingerprint density at radius 3 is 2.52 bits per heavy atom. The molecule has 1 unspecified atom stereocenters. The SMILES string of the molecule is CCc1cccc(C(C)C)c1NC(=O)N1CCCC(C(=O)N(CC)CC)C1. The fourth-order valence-electron chi connectivity index (χ4n) is 3.89. The maximum absolute atomic E-state index is 13.0. The molecule has 27 heavy (non-hydrogen) atoms. The molecule has 0 bridgehead atoms. The summed E-state index contributed by atoms with van der Waals surface area (Å²) in [4.78, 5) is 29.4. The predicted octanol–water partition coefficient (Wildman–Crippen LogP) is 4.48. The van der Waals surface area contributed by atoms with Gasteiger partial charge in [-0.1, -0.05) is 39.0 Å². The molecule has 1 N–H and O–H groups in total. The van der Waals surface area contributed by atoms with Gasteiger partial charge in [0.05, 0.1) is 5.92 Å². The Bertz CT molecular complexity index is 653. The van der Waals surface area contributed by atoms with Crippen molar-refractivity contribution >= 4 is 17.6 Å². The van der Waals surface area contributed by atoms with E-state index < -0.39 is 0 Å². The fourth-order valence-corrected chi connectivity index (χ4v) is 3.89. The normalized spacial score (nSPS) is 17.1. The van der Waals surface area contributed by atoms with E-state index in [1.54, 1.807) is 0 Å². The van der Waals surface area contributed by atoms with Crippen LogP contribution >= 0.6 is 0 Å². The van der Waals surface area contributed by atoms with Gasteiger partial charge in [0, 0.05) is 31.9 Å². The summed E-state index contributed by atoms with van der Waals surface area (Å²) in [5.74, 6) is 0.426. The molecule has 0 spiro atoms. The summed E-state index contributed by atoms with van der Waals surface area (Å²) in [6.07, 6.45) is 2.61. The average molecular weight is 374 g/mol. The molecule has 0 aliphatic carbocycles. The average Bonchev–Trinajstić information content (AvgIpc) is 2.68. The highest BCUT2D eigenvalue weighted by molar-refractivity contribution is 5.92. The Kier molecular flexibility index (Phi) is 7.69. The zero-order valence-electron chi connectivity index (χ0n) is 17.5. The molecule has 1 saturated heterocycles. The van der Waals surface area contributed by atoms with Crippen LogP contribution in [-0.2, 0) is 11.2 Å². The van der Waals surface area contributed by atoms with Crippen LogP contribution in [-0.4, -0.2) is 47.9 Å². The number of nitrogens with one attached hydrogen (secondary N) is 1. The molecule has 1 aliphatic rings. The van der Waals surface area contributed by atoms with E-state index in [4.69, 9.17) is 0 Å². The van der Waals surface area contributed by atoms with E-state index >= 15 is 0 Å². The van der Waals surface area contributed by atoms with Crippen molar-refractivity contribution in [1.29, 1.82) is 0 Å². The molecule has 1 heterocycles. The molecule has 5 nitrogen and oxygen atoms in total. The summed E-state index contributed by atoms with van der Waals surface area (Å²) in [6, 6.07) is 6.13. The molecule has 0 radical (unpaired) electrons. The number of amides is 3. The Morgan fingerprint density at radius 1 is 1.22 bits per heavy atom. The largest absolute Gasteiger partial charge is 0.343 e. The van der Waals surface area contributed by atoms with Gasteiger partial charge in [0.15, 0.2) is 0 Å². The molecule has 0 aromatic heterocycles. The Balaban J connectivity index is 2.13. The molecule has 0 saturated carbocycles. The Hall–Kier alpha value is -2.04. The monoisotopic (exact) mass is 373 g/mol. The van der Waals surface area contributed by atoms with Gasteiger partial charge >= 0.3 is 6.03 Å². The molecule has 3 amide bonds. The van der Waals surface area contributed by atoms with Crippen LogP contribution in [0.1, 0.15) is 64.5 Å². The topological polar surface area (TPSA) is 52.7 Å². The zero-order chi connectivity index (χ0) is 20.0. The van der Waals surface area contributed by atoms with Crippen LogP contribution in [0.15, 0.2) is 18.2 Å². The quantitative estimate of drug-likeness (QED) is 0.799. The van der Waals surface area contributed by atoms with Crippen LogP contribution < -0.4 is 5.32 Å². The lowest BCUT2D eigenvalue weighted by Crippen LogP contribution is -2.48. The number of aryl methyl sites for hydroxylation is 1. The van der Waals surface area contributed by atoms with Gasteiger partial charge in [-0.15, -0.1) is 0 Å². The van der Waals surface area contributed by atoms with Crippen molar-refractivity contribution in [1.82, 2.24) is 9.80 Å². The standard InChI is InChI=1S/C22H35N3O2/c1-6-17-11-9-13-19(16(4)5)20(17)23-22(27)25-14-10-12-18(15-25)21(26)24(7-2)8-3/h9,11,13,16,18H,6-8,10,12,14-15H2,1-5H3,(H,23,27). The number of likely N-dealkylation sites (tertiary alicyclic amines) is 1. The Morgan fingerprint density at radius 2 is 1.93 bits per heavy atom. The third-order valence-corrected chi connectivity index (χ3v) is 5.55. The van der Waals surface area contributed by atoms with E-state index in [2.05, 4.69) is 44.3 Å². The number of anilines is 1. The number of benzene rings is 1. The molecule has 1 aromatic carbocycles. The van der Waals surface area contributed by atoms with E-state index in [1.165, 1.54) is 0 Å². The molecule has 1 fully saturated rings. The van der Waals surface area contributed by atoms with Gasteiger partial charge < -0.3 is 15.1 Å². The lowest BCUT2D eigenvalue weighted by atomic mass is 9.96. The van der Waals surface area contributed by atoms with Crippen molar-refractivity contribution in [2.45, 2.75) is 59.8 Å². The van der Waals surface area contributed by atoms with Crippen molar-refractivity contribution < 1.29 is 9.59 Å². The summed E-state index contributed by atoms with van der Waals surface area (Å²) < 4.78 is 0. The van der Waals surface area contributed by atoms with Crippen LogP contribution in [0.3, 0.4) is 0 Å². The van der Waals surface area contributed by atoms with E-state index in [0.29, 0.717) is 19.0 Å². The van der Waals surface area contributed by atoms with Crippen molar-refractivity contribution in [2.24, 2.45) is 5.92 Å². The van der Waals surface area contributed by atoms with Gasteiger partial charge in [-0.25, -0.2) is 4.79 Å². The van der Waals surface area contributed by atoms with Crippen LogP contribution in [0.25, 0.3) is 0 Å². The minimum atomic E-state index is -0.0881. The predicted molar refractivity (Wildman–Crippen MR) is 111 cm³/mol. The van der Waals surface area contributed by atoms with Crippen LogP contribution in [0.2, 0.25) is 0 Å².